The van der Waals surface area contributed by atoms with Crippen molar-refractivity contribution >= 4 is 11.6 Å². The average Bonchev–Trinajstić information content (AvgIpc) is 2.96. The van der Waals surface area contributed by atoms with Crippen LogP contribution in [0.15, 0.2) is 18.2 Å². The van der Waals surface area contributed by atoms with E-state index in [0.717, 1.165) is 41.5 Å². The van der Waals surface area contributed by atoms with Gasteiger partial charge in [-0.3, -0.25) is 0 Å². The highest BCUT2D eigenvalue weighted by Gasteiger charge is 2.23. The van der Waals surface area contributed by atoms with Gasteiger partial charge in [0.25, 0.3) is 0 Å². The molecule has 0 radical (unpaired) electrons. The fourth-order valence-electron chi connectivity index (χ4n) is 3.16. The summed E-state index contributed by atoms with van der Waals surface area (Å²) in [6.07, 6.45) is 2.19. The molecule has 0 spiro atoms. The average molecular weight is 306 g/mol. The number of nitrogens with one attached hydrogen (secondary N) is 1. The highest BCUT2D eigenvalue weighted by Crippen LogP contribution is 2.33. The molecule has 1 aliphatic carbocycles. The third-order valence-corrected chi connectivity index (χ3v) is 4.43. The summed E-state index contributed by atoms with van der Waals surface area (Å²) in [5.74, 6) is 0.828. The highest BCUT2D eigenvalue weighted by atomic mass is 35.5. The number of ether oxygens (including phenoxy) is 1. The van der Waals surface area contributed by atoms with Gasteiger partial charge in [-0.05, 0) is 43.0 Å². The molecular formula is C16H20ClN3O. The summed E-state index contributed by atoms with van der Waals surface area (Å²) >= 11 is 6.06. The van der Waals surface area contributed by atoms with Crippen LogP contribution in [0.5, 0.6) is 5.88 Å². The molecular weight excluding hydrogens is 286 g/mol. The van der Waals surface area contributed by atoms with E-state index in [9.17, 15) is 0 Å². The summed E-state index contributed by atoms with van der Waals surface area (Å²) in [7, 11) is 3.59. The van der Waals surface area contributed by atoms with E-state index in [1.54, 1.807) is 11.8 Å². The van der Waals surface area contributed by atoms with Crippen molar-refractivity contribution in [1.29, 1.82) is 0 Å². The molecule has 1 N–H and O–H groups in total. The molecule has 1 heterocycles. The molecule has 1 aromatic carbocycles. The van der Waals surface area contributed by atoms with Crippen LogP contribution >= 0.6 is 11.6 Å². The van der Waals surface area contributed by atoms with Crippen molar-refractivity contribution in [3.63, 3.8) is 0 Å². The van der Waals surface area contributed by atoms with Crippen molar-refractivity contribution in [2.24, 2.45) is 7.05 Å². The lowest BCUT2D eigenvalue weighted by Gasteiger charge is -2.14. The van der Waals surface area contributed by atoms with Gasteiger partial charge in [-0.2, -0.15) is 5.10 Å². The van der Waals surface area contributed by atoms with Crippen molar-refractivity contribution in [1.82, 2.24) is 15.1 Å². The zero-order chi connectivity index (χ0) is 15.0. The molecule has 0 saturated heterocycles. The van der Waals surface area contributed by atoms with E-state index in [-0.39, 0.29) is 0 Å². The molecule has 1 aromatic heterocycles. The number of hydrogen-bond acceptors (Lipinski definition) is 3. The molecule has 4 nitrogen and oxygen atoms in total. The first kappa shape index (κ1) is 14.4. The summed E-state index contributed by atoms with van der Waals surface area (Å²) < 4.78 is 7.23. The van der Waals surface area contributed by atoms with Crippen LogP contribution in [0.25, 0.3) is 0 Å². The number of benzene rings is 1. The third-order valence-electron chi connectivity index (χ3n) is 4.19. The Balaban J connectivity index is 1.76. The maximum Gasteiger partial charge on any atom is 0.216 e. The Kier molecular flexibility index (Phi) is 3.91. The molecule has 0 saturated carbocycles. The predicted molar refractivity (Wildman–Crippen MR) is 83.9 cm³/mol. The van der Waals surface area contributed by atoms with E-state index in [1.807, 2.05) is 20.0 Å². The van der Waals surface area contributed by atoms with Crippen LogP contribution in [0.1, 0.15) is 34.8 Å². The Morgan fingerprint density at radius 1 is 1.48 bits per heavy atom. The lowest BCUT2D eigenvalue weighted by molar-refractivity contribution is 0.366. The van der Waals surface area contributed by atoms with Gasteiger partial charge in [0.15, 0.2) is 0 Å². The van der Waals surface area contributed by atoms with Crippen LogP contribution in [-0.4, -0.2) is 16.9 Å². The molecule has 1 atom stereocenters. The second-order valence-electron chi connectivity index (χ2n) is 5.51. The Labute approximate surface area is 130 Å². The summed E-state index contributed by atoms with van der Waals surface area (Å²) in [6.45, 7) is 2.78. The van der Waals surface area contributed by atoms with Gasteiger partial charge in [0, 0.05) is 24.7 Å². The van der Waals surface area contributed by atoms with Crippen LogP contribution in [0.4, 0.5) is 0 Å². The second kappa shape index (κ2) is 5.70. The smallest absolute Gasteiger partial charge is 0.216 e. The number of aromatic nitrogens is 2. The van der Waals surface area contributed by atoms with E-state index < -0.39 is 0 Å². The Hall–Kier alpha value is -1.52. The largest absolute Gasteiger partial charge is 0.481 e. The van der Waals surface area contributed by atoms with Gasteiger partial charge in [0.2, 0.25) is 5.88 Å². The second-order valence-corrected chi connectivity index (χ2v) is 5.95. The molecule has 2 aromatic rings. The van der Waals surface area contributed by atoms with Gasteiger partial charge in [0.1, 0.15) is 0 Å². The molecule has 21 heavy (non-hydrogen) atoms. The maximum absolute atomic E-state index is 6.06. The fraction of sp³-hybridized carbons (Fsp3) is 0.438. The molecule has 5 heteroatoms. The van der Waals surface area contributed by atoms with Gasteiger partial charge in [-0.25, -0.2) is 4.68 Å². The quantitative estimate of drug-likeness (QED) is 0.943. The van der Waals surface area contributed by atoms with Crippen molar-refractivity contribution in [3.8, 4) is 5.88 Å². The van der Waals surface area contributed by atoms with Crippen molar-refractivity contribution in [3.05, 3.63) is 45.6 Å². The molecule has 0 aliphatic heterocycles. The lowest BCUT2D eigenvalue weighted by atomic mass is 10.1. The number of halogens is 1. The number of methoxy groups -OCH3 is 1. The third kappa shape index (κ3) is 2.65. The number of rotatable bonds is 4. The standard InChI is InChI=1S/C16H20ClN3O/c1-10-14(16(21-3)20(2)19-10)9-18-15-7-4-11-8-12(17)5-6-13(11)15/h5-6,8,15,18H,4,7,9H2,1-3H3. The SMILES string of the molecule is COc1c(CNC2CCc3cc(Cl)ccc32)c(C)nn1C. The summed E-state index contributed by atoms with van der Waals surface area (Å²) in [5.41, 5.74) is 4.85. The normalized spacial score (nSPS) is 17.0. The zero-order valence-corrected chi connectivity index (χ0v) is 13.4. The van der Waals surface area contributed by atoms with Crippen LogP contribution < -0.4 is 10.1 Å². The first-order valence-electron chi connectivity index (χ1n) is 7.18. The minimum absolute atomic E-state index is 0.376. The van der Waals surface area contributed by atoms with E-state index in [1.165, 1.54) is 11.1 Å². The first-order chi connectivity index (χ1) is 10.1. The van der Waals surface area contributed by atoms with Crippen LogP contribution in [0.3, 0.4) is 0 Å². The van der Waals surface area contributed by atoms with Gasteiger partial charge in [-0.1, -0.05) is 17.7 Å². The zero-order valence-electron chi connectivity index (χ0n) is 12.6. The summed E-state index contributed by atoms with van der Waals surface area (Å²) in [5, 5.41) is 8.86. The predicted octanol–water partition coefficient (Wildman–Crippen LogP) is 3.17. The molecule has 3 rings (SSSR count). The lowest BCUT2D eigenvalue weighted by Crippen LogP contribution is -2.19. The van der Waals surface area contributed by atoms with Gasteiger partial charge >= 0.3 is 0 Å². The van der Waals surface area contributed by atoms with Gasteiger partial charge in [-0.15, -0.1) is 0 Å². The minimum Gasteiger partial charge on any atom is -0.481 e. The number of fused-ring (bicyclic) bond motifs is 1. The molecule has 112 valence electrons. The monoisotopic (exact) mass is 305 g/mol. The van der Waals surface area contributed by atoms with E-state index in [0.29, 0.717) is 6.04 Å². The van der Waals surface area contributed by atoms with Crippen LogP contribution in [0, 0.1) is 6.92 Å². The molecule has 0 amide bonds. The molecule has 0 bridgehead atoms. The number of hydrogen-bond donors (Lipinski definition) is 1. The van der Waals surface area contributed by atoms with E-state index in [4.69, 9.17) is 16.3 Å². The van der Waals surface area contributed by atoms with Crippen LogP contribution in [-0.2, 0) is 20.0 Å². The van der Waals surface area contributed by atoms with Crippen molar-refractivity contribution in [2.75, 3.05) is 7.11 Å². The van der Waals surface area contributed by atoms with Gasteiger partial charge in [0.05, 0.1) is 18.4 Å². The van der Waals surface area contributed by atoms with E-state index >= 15 is 0 Å². The first-order valence-corrected chi connectivity index (χ1v) is 7.56. The fourth-order valence-corrected chi connectivity index (χ4v) is 3.36. The highest BCUT2D eigenvalue weighted by molar-refractivity contribution is 6.30. The number of aryl methyl sites for hydroxylation is 3. The van der Waals surface area contributed by atoms with Crippen molar-refractivity contribution < 1.29 is 4.74 Å². The number of nitrogens with zero attached hydrogens (tertiary/aromatic N) is 2. The summed E-state index contributed by atoms with van der Waals surface area (Å²) in [4.78, 5) is 0. The van der Waals surface area contributed by atoms with E-state index in [2.05, 4.69) is 22.5 Å². The summed E-state index contributed by atoms with van der Waals surface area (Å²) in [6, 6.07) is 6.56. The minimum atomic E-state index is 0.376. The molecule has 1 unspecified atom stereocenters. The Morgan fingerprint density at radius 2 is 2.29 bits per heavy atom. The van der Waals surface area contributed by atoms with Gasteiger partial charge < -0.3 is 10.1 Å². The molecule has 1 aliphatic rings. The Morgan fingerprint density at radius 3 is 3.05 bits per heavy atom. The topological polar surface area (TPSA) is 39.1 Å². The maximum atomic E-state index is 6.06. The van der Waals surface area contributed by atoms with Crippen LogP contribution in [0.2, 0.25) is 5.02 Å². The van der Waals surface area contributed by atoms with Crippen molar-refractivity contribution in [2.45, 2.75) is 32.4 Å². The molecule has 0 fully saturated rings. The Bertz CT molecular complexity index is 666.